The van der Waals surface area contributed by atoms with Gasteiger partial charge in [-0.25, -0.2) is 9.18 Å². The highest BCUT2D eigenvalue weighted by atomic mass is 19.1. The third-order valence-corrected chi connectivity index (χ3v) is 2.38. The smallest absolute Gasteiger partial charge is 0.344 e. The summed E-state index contributed by atoms with van der Waals surface area (Å²) in [6.07, 6.45) is -0.696. The van der Waals surface area contributed by atoms with Crippen molar-refractivity contribution in [2.24, 2.45) is 5.73 Å². The zero-order valence-electron chi connectivity index (χ0n) is 9.81. The maximum absolute atomic E-state index is 13.1. The van der Waals surface area contributed by atoms with Crippen LogP contribution in [-0.4, -0.2) is 17.2 Å². The fourth-order valence-corrected chi connectivity index (χ4v) is 1.45. The third-order valence-electron chi connectivity index (χ3n) is 2.38. The van der Waals surface area contributed by atoms with E-state index in [1.54, 1.807) is 13.8 Å². The van der Waals surface area contributed by atoms with Crippen molar-refractivity contribution in [3.8, 4) is 5.75 Å². The second-order valence-electron chi connectivity index (χ2n) is 3.82. The van der Waals surface area contributed by atoms with E-state index in [2.05, 4.69) is 0 Å². The van der Waals surface area contributed by atoms with Crippen molar-refractivity contribution in [3.05, 3.63) is 29.6 Å². The zero-order chi connectivity index (χ0) is 13.0. The van der Waals surface area contributed by atoms with Crippen LogP contribution in [0.1, 0.15) is 31.9 Å². The largest absolute Gasteiger partial charge is 0.479 e. The highest BCUT2D eigenvalue weighted by molar-refractivity contribution is 5.72. The molecule has 0 saturated heterocycles. The van der Waals surface area contributed by atoms with E-state index in [0.717, 1.165) is 6.07 Å². The summed E-state index contributed by atoms with van der Waals surface area (Å²) in [4.78, 5) is 10.9. The summed E-state index contributed by atoms with van der Waals surface area (Å²) in [6, 6.07) is 3.58. The fraction of sp³-hybridized carbons (Fsp3) is 0.417. The van der Waals surface area contributed by atoms with E-state index in [0.29, 0.717) is 12.0 Å². The van der Waals surface area contributed by atoms with E-state index >= 15 is 0 Å². The molecule has 0 radical (unpaired) electrons. The standard InChI is InChI=1S/C12H16FNO3/c1-3-10(12(15)16)17-11-6-8(13)4-5-9(11)7(2)14/h4-7,10H,3,14H2,1-2H3,(H,15,16)/t7-,10?/m0/s1. The Labute approximate surface area is 99.2 Å². The van der Waals surface area contributed by atoms with Gasteiger partial charge in [0.25, 0.3) is 0 Å². The number of carbonyl (C=O) groups is 1. The van der Waals surface area contributed by atoms with Gasteiger partial charge in [0.15, 0.2) is 6.10 Å². The summed E-state index contributed by atoms with van der Waals surface area (Å²) < 4.78 is 18.4. The highest BCUT2D eigenvalue weighted by Crippen LogP contribution is 2.26. The van der Waals surface area contributed by atoms with Gasteiger partial charge < -0.3 is 15.6 Å². The predicted octanol–water partition coefficient (Wildman–Crippen LogP) is 2.09. The van der Waals surface area contributed by atoms with Crippen molar-refractivity contribution in [1.29, 1.82) is 0 Å². The van der Waals surface area contributed by atoms with Crippen LogP contribution in [-0.2, 0) is 4.79 Å². The van der Waals surface area contributed by atoms with Gasteiger partial charge in [0, 0.05) is 17.7 Å². The van der Waals surface area contributed by atoms with Crippen LogP contribution < -0.4 is 10.5 Å². The van der Waals surface area contributed by atoms with Gasteiger partial charge >= 0.3 is 5.97 Å². The number of ether oxygens (including phenoxy) is 1. The molecule has 1 aromatic rings. The van der Waals surface area contributed by atoms with Crippen molar-refractivity contribution in [2.45, 2.75) is 32.4 Å². The molecule has 4 nitrogen and oxygen atoms in total. The van der Waals surface area contributed by atoms with Gasteiger partial charge in [-0.15, -0.1) is 0 Å². The molecular weight excluding hydrogens is 225 g/mol. The Balaban J connectivity index is 3.02. The quantitative estimate of drug-likeness (QED) is 0.827. The number of aliphatic carboxylic acids is 1. The molecule has 2 atom stereocenters. The monoisotopic (exact) mass is 241 g/mol. The lowest BCUT2D eigenvalue weighted by Gasteiger charge is -2.18. The Kier molecular flexibility index (Phi) is 4.45. The van der Waals surface area contributed by atoms with E-state index in [1.165, 1.54) is 12.1 Å². The number of nitrogens with two attached hydrogens (primary N) is 1. The van der Waals surface area contributed by atoms with E-state index in [4.69, 9.17) is 15.6 Å². The summed E-state index contributed by atoms with van der Waals surface area (Å²) in [7, 11) is 0. The van der Waals surface area contributed by atoms with Crippen LogP contribution >= 0.6 is 0 Å². The minimum atomic E-state index is -1.08. The summed E-state index contributed by atoms with van der Waals surface area (Å²) in [5.41, 5.74) is 6.30. The average molecular weight is 241 g/mol. The van der Waals surface area contributed by atoms with Gasteiger partial charge in [0.2, 0.25) is 0 Å². The molecule has 5 heteroatoms. The topological polar surface area (TPSA) is 72.5 Å². The molecule has 17 heavy (non-hydrogen) atoms. The minimum absolute atomic E-state index is 0.189. The Hall–Kier alpha value is -1.62. The number of benzene rings is 1. The van der Waals surface area contributed by atoms with E-state index in [1.807, 2.05) is 0 Å². The molecule has 0 aliphatic rings. The van der Waals surface area contributed by atoms with Crippen LogP contribution in [0.5, 0.6) is 5.75 Å². The molecule has 0 fully saturated rings. The van der Waals surface area contributed by atoms with Crippen molar-refractivity contribution in [3.63, 3.8) is 0 Å². The van der Waals surface area contributed by atoms with E-state index in [-0.39, 0.29) is 11.8 Å². The average Bonchev–Trinajstić information content (AvgIpc) is 2.25. The number of halogens is 1. The SMILES string of the molecule is CCC(Oc1cc(F)ccc1[C@H](C)N)C(=O)O. The van der Waals surface area contributed by atoms with Crippen LogP contribution in [0.4, 0.5) is 4.39 Å². The minimum Gasteiger partial charge on any atom is -0.479 e. The summed E-state index contributed by atoms with van der Waals surface area (Å²) in [6.45, 7) is 3.41. The third kappa shape index (κ3) is 3.42. The molecule has 0 amide bonds. The van der Waals surface area contributed by atoms with Crippen molar-refractivity contribution < 1.29 is 19.0 Å². The van der Waals surface area contributed by atoms with Crippen LogP contribution in [0.15, 0.2) is 18.2 Å². The van der Waals surface area contributed by atoms with Crippen molar-refractivity contribution in [1.82, 2.24) is 0 Å². The molecule has 0 aliphatic heterocycles. The molecular formula is C12H16FNO3. The number of carboxylic acids is 1. The van der Waals surface area contributed by atoms with Gasteiger partial charge in [0.05, 0.1) is 0 Å². The molecule has 1 unspecified atom stereocenters. The second-order valence-corrected chi connectivity index (χ2v) is 3.82. The molecule has 0 spiro atoms. The molecule has 0 aliphatic carbocycles. The Bertz CT molecular complexity index is 407. The van der Waals surface area contributed by atoms with Crippen LogP contribution in [0.25, 0.3) is 0 Å². The van der Waals surface area contributed by atoms with Gasteiger partial charge in [-0.2, -0.15) is 0 Å². The molecule has 0 saturated carbocycles. The number of hydrogen-bond donors (Lipinski definition) is 2. The summed E-state index contributed by atoms with van der Waals surface area (Å²) in [5.74, 6) is -1.37. The number of rotatable bonds is 5. The molecule has 1 rings (SSSR count). The summed E-state index contributed by atoms with van der Waals surface area (Å²) >= 11 is 0. The van der Waals surface area contributed by atoms with Gasteiger partial charge in [-0.1, -0.05) is 13.0 Å². The maximum atomic E-state index is 13.1. The van der Waals surface area contributed by atoms with Gasteiger partial charge in [-0.3, -0.25) is 0 Å². The Morgan fingerprint density at radius 3 is 2.71 bits per heavy atom. The fourth-order valence-electron chi connectivity index (χ4n) is 1.45. The van der Waals surface area contributed by atoms with Crippen LogP contribution in [0.3, 0.4) is 0 Å². The lowest BCUT2D eigenvalue weighted by atomic mass is 10.1. The van der Waals surface area contributed by atoms with Crippen molar-refractivity contribution >= 4 is 5.97 Å². The molecule has 3 N–H and O–H groups in total. The first-order valence-electron chi connectivity index (χ1n) is 5.40. The van der Waals surface area contributed by atoms with E-state index < -0.39 is 17.9 Å². The molecule has 0 bridgehead atoms. The normalized spacial score (nSPS) is 14.1. The molecule has 0 aromatic heterocycles. The number of carboxylic acid groups (broad SMARTS) is 1. The lowest BCUT2D eigenvalue weighted by Crippen LogP contribution is -2.26. The van der Waals surface area contributed by atoms with Crippen LogP contribution in [0.2, 0.25) is 0 Å². The van der Waals surface area contributed by atoms with Crippen LogP contribution in [0, 0.1) is 5.82 Å². The van der Waals surface area contributed by atoms with Gasteiger partial charge in [-0.05, 0) is 19.4 Å². The van der Waals surface area contributed by atoms with Crippen molar-refractivity contribution in [2.75, 3.05) is 0 Å². The highest BCUT2D eigenvalue weighted by Gasteiger charge is 2.19. The maximum Gasteiger partial charge on any atom is 0.344 e. The first kappa shape index (κ1) is 13.4. The molecule has 1 aromatic carbocycles. The first-order chi connectivity index (χ1) is 7.95. The second kappa shape index (κ2) is 5.63. The van der Waals surface area contributed by atoms with E-state index in [9.17, 15) is 9.18 Å². The molecule has 94 valence electrons. The Morgan fingerprint density at radius 1 is 1.59 bits per heavy atom. The Morgan fingerprint density at radius 2 is 2.24 bits per heavy atom. The first-order valence-corrected chi connectivity index (χ1v) is 5.40. The lowest BCUT2D eigenvalue weighted by molar-refractivity contribution is -0.145. The predicted molar refractivity (Wildman–Crippen MR) is 61.3 cm³/mol. The van der Waals surface area contributed by atoms with Gasteiger partial charge in [0.1, 0.15) is 11.6 Å². The summed E-state index contributed by atoms with van der Waals surface area (Å²) in [5, 5.41) is 8.88. The number of hydrogen-bond acceptors (Lipinski definition) is 3. The zero-order valence-corrected chi connectivity index (χ0v) is 9.81. The molecule has 0 heterocycles.